The van der Waals surface area contributed by atoms with Gasteiger partial charge in [0.05, 0.1) is 23.1 Å². The molecule has 4 aromatic rings. The SMILES string of the molecule is CC(=O)OCCNC(=O)c1c(O)c2ccccc2c2nc3ccccc3nc12. The molecule has 1 amide bonds. The van der Waals surface area contributed by atoms with Crippen LogP contribution in [0.1, 0.15) is 17.3 Å². The third-order valence-corrected chi connectivity index (χ3v) is 4.40. The van der Waals surface area contributed by atoms with Gasteiger partial charge >= 0.3 is 5.97 Å². The van der Waals surface area contributed by atoms with Gasteiger partial charge < -0.3 is 15.2 Å². The van der Waals surface area contributed by atoms with E-state index in [0.29, 0.717) is 32.8 Å². The molecule has 7 nitrogen and oxygen atoms in total. The van der Waals surface area contributed by atoms with Crippen molar-refractivity contribution < 1.29 is 19.4 Å². The van der Waals surface area contributed by atoms with Gasteiger partial charge in [-0.25, -0.2) is 9.97 Å². The van der Waals surface area contributed by atoms with Crippen LogP contribution in [0, 0.1) is 0 Å². The molecule has 0 unspecified atom stereocenters. The maximum atomic E-state index is 12.8. The quantitative estimate of drug-likeness (QED) is 0.246. The molecule has 0 saturated carbocycles. The third kappa shape index (κ3) is 3.07. The number of esters is 1. The number of aromatic nitrogens is 2. The second-order valence-corrected chi connectivity index (χ2v) is 6.27. The van der Waals surface area contributed by atoms with Gasteiger partial charge in [-0.05, 0) is 12.1 Å². The highest BCUT2D eigenvalue weighted by molar-refractivity contribution is 6.19. The molecule has 3 aromatic carbocycles. The van der Waals surface area contributed by atoms with Gasteiger partial charge in [-0.1, -0.05) is 36.4 Å². The summed E-state index contributed by atoms with van der Waals surface area (Å²) >= 11 is 0. The van der Waals surface area contributed by atoms with Crippen molar-refractivity contribution in [2.75, 3.05) is 13.2 Å². The smallest absolute Gasteiger partial charge is 0.302 e. The van der Waals surface area contributed by atoms with E-state index in [0.717, 1.165) is 0 Å². The summed E-state index contributed by atoms with van der Waals surface area (Å²) in [7, 11) is 0. The number of phenols is 1. The van der Waals surface area contributed by atoms with Crippen molar-refractivity contribution in [3.63, 3.8) is 0 Å². The van der Waals surface area contributed by atoms with Gasteiger partial charge in [0.15, 0.2) is 0 Å². The predicted molar refractivity (Wildman–Crippen MR) is 105 cm³/mol. The minimum Gasteiger partial charge on any atom is -0.506 e. The van der Waals surface area contributed by atoms with Crippen molar-refractivity contribution >= 4 is 44.7 Å². The average molecular weight is 375 g/mol. The van der Waals surface area contributed by atoms with Crippen LogP contribution in [0.2, 0.25) is 0 Å². The fourth-order valence-corrected chi connectivity index (χ4v) is 3.17. The number of carbonyl (C=O) groups is 2. The van der Waals surface area contributed by atoms with Crippen LogP contribution in [0.3, 0.4) is 0 Å². The molecule has 2 N–H and O–H groups in total. The molecule has 4 rings (SSSR count). The number of amides is 1. The van der Waals surface area contributed by atoms with Gasteiger partial charge in [0.2, 0.25) is 0 Å². The number of nitrogens with one attached hydrogen (secondary N) is 1. The molecule has 0 aliphatic rings. The largest absolute Gasteiger partial charge is 0.506 e. The van der Waals surface area contributed by atoms with Crippen molar-refractivity contribution in [3.05, 3.63) is 54.1 Å². The molecule has 140 valence electrons. The molecule has 0 saturated heterocycles. The monoisotopic (exact) mass is 375 g/mol. The number of phenolic OH excluding ortho intramolecular Hbond substituents is 1. The Kier molecular flexibility index (Phi) is 4.49. The van der Waals surface area contributed by atoms with Gasteiger partial charge in [0.25, 0.3) is 5.91 Å². The van der Waals surface area contributed by atoms with Crippen molar-refractivity contribution in [3.8, 4) is 5.75 Å². The summed E-state index contributed by atoms with van der Waals surface area (Å²) in [5.41, 5.74) is 2.23. The second-order valence-electron chi connectivity index (χ2n) is 6.27. The molecule has 0 bridgehead atoms. The molecule has 0 radical (unpaired) electrons. The lowest BCUT2D eigenvalue weighted by atomic mass is 10.0. The standard InChI is InChI=1S/C21H17N3O4/c1-12(25)28-11-10-22-21(27)17-19-18(13-6-2-3-7-14(13)20(17)26)23-15-8-4-5-9-16(15)24-19/h2-9,26H,10-11H2,1H3,(H,22,27). The van der Waals surface area contributed by atoms with Crippen LogP contribution in [0.15, 0.2) is 48.5 Å². The third-order valence-electron chi connectivity index (χ3n) is 4.40. The molecule has 0 fully saturated rings. The van der Waals surface area contributed by atoms with E-state index in [-0.39, 0.29) is 24.5 Å². The molecular formula is C21H17N3O4. The zero-order valence-corrected chi connectivity index (χ0v) is 15.1. The van der Waals surface area contributed by atoms with Crippen LogP contribution in [-0.4, -0.2) is 40.1 Å². The number of para-hydroxylation sites is 2. The van der Waals surface area contributed by atoms with E-state index in [9.17, 15) is 14.7 Å². The normalized spacial score (nSPS) is 11.0. The Labute approximate surface area is 160 Å². The molecule has 0 spiro atoms. The van der Waals surface area contributed by atoms with Crippen molar-refractivity contribution in [1.82, 2.24) is 15.3 Å². The Morgan fingerprint density at radius 2 is 1.57 bits per heavy atom. The first-order valence-corrected chi connectivity index (χ1v) is 8.78. The highest BCUT2D eigenvalue weighted by Crippen LogP contribution is 2.36. The number of benzene rings is 3. The summed E-state index contributed by atoms with van der Waals surface area (Å²) in [6.45, 7) is 1.46. The molecule has 0 atom stereocenters. The van der Waals surface area contributed by atoms with Crippen LogP contribution in [-0.2, 0) is 9.53 Å². The van der Waals surface area contributed by atoms with Crippen LogP contribution < -0.4 is 5.32 Å². The molecule has 28 heavy (non-hydrogen) atoms. The number of rotatable bonds is 4. The molecule has 0 aliphatic carbocycles. The maximum absolute atomic E-state index is 12.8. The summed E-state index contributed by atoms with van der Waals surface area (Å²) in [5.74, 6) is -1.09. The fourth-order valence-electron chi connectivity index (χ4n) is 3.17. The van der Waals surface area contributed by atoms with E-state index in [1.165, 1.54) is 6.92 Å². The number of aromatic hydroxyl groups is 1. The Bertz CT molecular complexity index is 1240. The zero-order valence-electron chi connectivity index (χ0n) is 15.1. The van der Waals surface area contributed by atoms with Gasteiger partial charge in [-0.3, -0.25) is 9.59 Å². The minimum atomic E-state index is -0.509. The molecular weight excluding hydrogens is 358 g/mol. The Hall–Kier alpha value is -3.74. The first-order chi connectivity index (χ1) is 13.6. The van der Waals surface area contributed by atoms with Gasteiger partial charge in [-0.15, -0.1) is 0 Å². The lowest BCUT2D eigenvalue weighted by Gasteiger charge is -2.13. The lowest BCUT2D eigenvalue weighted by Crippen LogP contribution is -2.28. The Balaban J connectivity index is 1.90. The van der Waals surface area contributed by atoms with Gasteiger partial charge in [-0.2, -0.15) is 0 Å². The van der Waals surface area contributed by atoms with E-state index >= 15 is 0 Å². The van der Waals surface area contributed by atoms with Gasteiger partial charge in [0.1, 0.15) is 23.4 Å². The van der Waals surface area contributed by atoms with Crippen LogP contribution in [0.25, 0.3) is 32.8 Å². The predicted octanol–water partition coefficient (Wildman–Crippen LogP) is 2.93. The lowest BCUT2D eigenvalue weighted by molar-refractivity contribution is -0.140. The molecule has 7 heteroatoms. The van der Waals surface area contributed by atoms with Crippen molar-refractivity contribution in [1.29, 1.82) is 0 Å². The summed E-state index contributed by atoms with van der Waals surface area (Å²) in [6, 6.07) is 14.6. The van der Waals surface area contributed by atoms with E-state index < -0.39 is 11.9 Å². The Morgan fingerprint density at radius 3 is 2.25 bits per heavy atom. The number of ether oxygens (including phenoxy) is 1. The first kappa shape index (κ1) is 17.7. The molecule has 1 aromatic heterocycles. The van der Waals surface area contributed by atoms with Gasteiger partial charge in [0, 0.05) is 17.7 Å². The minimum absolute atomic E-state index is 0.0436. The number of hydrogen-bond donors (Lipinski definition) is 2. The molecule has 1 heterocycles. The average Bonchev–Trinajstić information content (AvgIpc) is 2.70. The topological polar surface area (TPSA) is 101 Å². The number of carbonyl (C=O) groups excluding carboxylic acids is 2. The summed E-state index contributed by atoms with van der Waals surface area (Å²) in [5, 5.41) is 14.7. The second kappa shape index (κ2) is 7.11. The van der Waals surface area contributed by atoms with E-state index in [1.54, 1.807) is 18.2 Å². The van der Waals surface area contributed by atoms with Crippen molar-refractivity contribution in [2.24, 2.45) is 0 Å². The Morgan fingerprint density at radius 1 is 0.964 bits per heavy atom. The van der Waals surface area contributed by atoms with Crippen LogP contribution in [0.4, 0.5) is 0 Å². The van der Waals surface area contributed by atoms with E-state index in [2.05, 4.69) is 15.3 Å². The first-order valence-electron chi connectivity index (χ1n) is 8.78. The highest BCUT2D eigenvalue weighted by atomic mass is 16.5. The fraction of sp³-hybridized carbons (Fsp3) is 0.143. The summed E-state index contributed by atoms with van der Waals surface area (Å²) < 4.78 is 4.83. The number of nitrogens with zero attached hydrogens (tertiary/aromatic N) is 2. The number of hydrogen-bond acceptors (Lipinski definition) is 6. The summed E-state index contributed by atoms with van der Waals surface area (Å²) in [6.07, 6.45) is 0. The summed E-state index contributed by atoms with van der Waals surface area (Å²) in [4.78, 5) is 33.0. The zero-order chi connectivity index (χ0) is 19.7. The van der Waals surface area contributed by atoms with Crippen LogP contribution in [0.5, 0.6) is 5.75 Å². The number of fused-ring (bicyclic) bond motifs is 4. The van der Waals surface area contributed by atoms with E-state index in [4.69, 9.17) is 4.74 Å². The van der Waals surface area contributed by atoms with Crippen LogP contribution >= 0.6 is 0 Å². The van der Waals surface area contributed by atoms with E-state index in [1.807, 2.05) is 30.3 Å². The highest BCUT2D eigenvalue weighted by Gasteiger charge is 2.22. The molecule has 0 aliphatic heterocycles. The van der Waals surface area contributed by atoms with Crippen molar-refractivity contribution in [2.45, 2.75) is 6.92 Å². The maximum Gasteiger partial charge on any atom is 0.302 e.